The van der Waals surface area contributed by atoms with Gasteiger partial charge in [-0.15, -0.1) is 22.0 Å². The molecule has 4 rings (SSSR count). The molecule has 0 fully saturated rings. The monoisotopic (exact) mass is 488 g/mol. The molecule has 1 aromatic heterocycles. The van der Waals surface area contributed by atoms with E-state index in [1.54, 1.807) is 23.9 Å². The molecule has 1 atom stereocenters. The summed E-state index contributed by atoms with van der Waals surface area (Å²) in [5.74, 6) is -0.292. The van der Waals surface area contributed by atoms with Crippen LogP contribution in [0.4, 0.5) is 10.1 Å². The number of halogens is 1. The first kappa shape index (κ1) is 23.7. The number of benzene rings is 3. The van der Waals surface area contributed by atoms with Gasteiger partial charge in [0.25, 0.3) is 0 Å². The first-order chi connectivity index (χ1) is 16.5. The molecule has 170 valence electrons. The molecule has 0 aliphatic rings. The molecule has 8 heteroatoms. The second-order valence-electron chi connectivity index (χ2n) is 7.53. The number of nitrogens with zero attached hydrogens (tertiary/aromatic N) is 3. The number of carbonyl (C=O) groups excluding carboxylic acids is 1. The number of anilines is 1. The molecule has 5 nitrogen and oxygen atoms in total. The van der Waals surface area contributed by atoms with Gasteiger partial charge in [0, 0.05) is 32.9 Å². The largest absolute Gasteiger partial charge is 0.324 e. The van der Waals surface area contributed by atoms with Gasteiger partial charge in [0.2, 0.25) is 5.91 Å². The number of nitrogens with one attached hydrogen (secondary N) is 1. The van der Waals surface area contributed by atoms with Crippen molar-refractivity contribution >= 4 is 45.9 Å². The number of rotatable bonds is 8. The van der Waals surface area contributed by atoms with Gasteiger partial charge in [0.05, 0.1) is 17.5 Å². The van der Waals surface area contributed by atoms with Gasteiger partial charge in [-0.05, 0) is 36.4 Å². The van der Waals surface area contributed by atoms with Crippen LogP contribution in [0.3, 0.4) is 0 Å². The van der Waals surface area contributed by atoms with E-state index >= 15 is 0 Å². The molecule has 34 heavy (non-hydrogen) atoms. The molecular formula is C26H21FN4OS2. The molecule has 0 saturated heterocycles. The summed E-state index contributed by atoms with van der Waals surface area (Å²) < 4.78 is 13.3. The minimum Gasteiger partial charge on any atom is -0.324 e. The summed E-state index contributed by atoms with van der Waals surface area (Å²) in [5.41, 5.74) is 2.17. The van der Waals surface area contributed by atoms with E-state index in [1.165, 1.54) is 23.9 Å². The average molecular weight is 489 g/mol. The smallest absolute Gasteiger partial charge is 0.234 e. The molecule has 1 amide bonds. The lowest BCUT2D eigenvalue weighted by atomic mass is 10.1. The van der Waals surface area contributed by atoms with Gasteiger partial charge in [-0.3, -0.25) is 4.79 Å². The van der Waals surface area contributed by atoms with Crippen molar-refractivity contribution in [3.8, 4) is 17.3 Å². The highest BCUT2D eigenvalue weighted by atomic mass is 32.2. The molecule has 0 spiro atoms. The van der Waals surface area contributed by atoms with Crippen molar-refractivity contribution in [2.75, 3.05) is 11.1 Å². The van der Waals surface area contributed by atoms with E-state index in [0.29, 0.717) is 17.1 Å². The van der Waals surface area contributed by atoms with E-state index in [9.17, 15) is 9.18 Å². The predicted molar refractivity (Wildman–Crippen MR) is 136 cm³/mol. The Morgan fingerprint density at radius 2 is 1.74 bits per heavy atom. The van der Waals surface area contributed by atoms with Crippen LogP contribution in [0.2, 0.25) is 0 Å². The van der Waals surface area contributed by atoms with Crippen LogP contribution in [0, 0.1) is 17.1 Å². The first-order valence-electron chi connectivity index (χ1n) is 10.6. The lowest BCUT2D eigenvalue weighted by molar-refractivity contribution is -0.113. The number of amides is 1. The van der Waals surface area contributed by atoms with Crippen molar-refractivity contribution < 1.29 is 9.18 Å². The van der Waals surface area contributed by atoms with E-state index in [4.69, 9.17) is 5.26 Å². The lowest BCUT2D eigenvalue weighted by Gasteiger charge is -2.13. The van der Waals surface area contributed by atoms with Gasteiger partial charge in [0.1, 0.15) is 16.5 Å². The molecule has 0 saturated carbocycles. The van der Waals surface area contributed by atoms with Crippen LogP contribution >= 0.6 is 23.5 Å². The fraction of sp³-hybridized carbons (Fsp3) is 0.154. The van der Waals surface area contributed by atoms with Crippen molar-refractivity contribution in [2.45, 2.75) is 28.5 Å². The third-order valence-corrected chi connectivity index (χ3v) is 7.14. The molecule has 0 radical (unpaired) electrons. The average Bonchev–Trinajstić information content (AvgIpc) is 2.84. The molecule has 4 aromatic rings. The third-order valence-electron chi connectivity index (χ3n) is 4.98. The Labute approximate surface area is 205 Å². The van der Waals surface area contributed by atoms with Crippen molar-refractivity contribution in [3.05, 3.63) is 78.6 Å². The SMILES string of the molecule is CC(CC#N)Sc1ccccc1NC(=O)CSc1nnc(-c2ccc(F)cc2)c2ccccc12. The number of thioether (sulfide) groups is 2. The number of aromatic nitrogens is 2. The second kappa shape index (κ2) is 11.1. The maximum atomic E-state index is 13.3. The number of hydrogen-bond donors (Lipinski definition) is 1. The summed E-state index contributed by atoms with van der Waals surface area (Å²) >= 11 is 2.88. The lowest BCUT2D eigenvalue weighted by Crippen LogP contribution is -2.15. The summed E-state index contributed by atoms with van der Waals surface area (Å²) in [6, 6.07) is 23.6. The Bertz CT molecular complexity index is 1360. The number of hydrogen-bond acceptors (Lipinski definition) is 6. The van der Waals surface area contributed by atoms with Gasteiger partial charge >= 0.3 is 0 Å². The highest BCUT2D eigenvalue weighted by Gasteiger charge is 2.14. The number of nitriles is 1. The highest BCUT2D eigenvalue weighted by molar-refractivity contribution is 8.00. The Morgan fingerprint density at radius 1 is 1.03 bits per heavy atom. The summed E-state index contributed by atoms with van der Waals surface area (Å²) in [4.78, 5) is 13.7. The van der Waals surface area contributed by atoms with Gasteiger partial charge in [-0.25, -0.2) is 4.39 Å². The minimum absolute atomic E-state index is 0.124. The zero-order valence-corrected chi connectivity index (χ0v) is 20.0. The summed E-state index contributed by atoms with van der Waals surface area (Å²) in [6.45, 7) is 1.99. The maximum Gasteiger partial charge on any atom is 0.234 e. The Hall–Kier alpha value is -3.41. The zero-order chi connectivity index (χ0) is 23.9. The predicted octanol–water partition coefficient (Wildman–Crippen LogP) is 6.56. The minimum atomic E-state index is -0.307. The normalized spacial score (nSPS) is 11.7. The summed E-state index contributed by atoms with van der Waals surface area (Å²) in [5, 5.41) is 23.2. The van der Waals surface area contributed by atoms with E-state index < -0.39 is 0 Å². The van der Waals surface area contributed by atoms with Gasteiger partial charge in [-0.1, -0.05) is 55.1 Å². The highest BCUT2D eigenvalue weighted by Crippen LogP contribution is 2.33. The number of para-hydroxylation sites is 1. The number of carbonyl (C=O) groups is 1. The number of fused-ring (bicyclic) bond motifs is 1. The van der Waals surface area contributed by atoms with E-state index in [-0.39, 0.29) is 22.7 Å². The Balaban J connectivity index is 1.50. The van der Waals surface area contributed by atoms with Gasteiger partial charge in [0.15, 0.2) is 0 Å². The van der Waals surface area contributed by atoms with E-state index in [1.807, 2.05) is 55.5 Å². The van der Waals surface area contributed by atoms with Crippen LogP contribution < -0.4 is 5.32 Å². The Kier molecular flexibility index (Phi) is 7.78. The van der Waals surface area contributed by atoms with Crippen LogP contribution in [-0.2, 0) is 4.79 Å². The van der Waals surface area contributed by atoms with Crippen molar-refractivity contribution in [2.24, 2.45) is 0 Å². The van der Waals surface area contributed by atoms with E-state index in [0.717, 1.165) is 26.9 Å². The Morgan fingerprint density at radius 3 is 2.50 bits per heavy atom. The van der Waals surface area contributed by atoms with Gasteiger partial charge < -0.3 is 5.32 Å². The maximum absolute atomic E-state index is 13.3. The zero-order valence-electron chi connectivity index (χ0n) is 18.4. The molecule has 3 aromatic carbocycles. The molecule has 1 heterocycles. The molecule has 1 N–H and O–H groups in total. The second-order valence-corrected chi connectivity index (χ2v) is 9.97. The van der Waals surface area contributed by atoms with Crippen LogP contribution in [-0.4, -0.2) is 27.1 Å². The molecule has 1 unspecified atom stereocenters. The summed E-state index contributed by atoms with van der Waals surface area (Å²) in [7, 11) is 0. The van der Waals surface area contributed by atoms with E-state index in [2.05, 4.69) is 21.6 Å². The summed E-state index contributed by atoms with van der Waals surface area (Å²) in [6.07, 6.45) is 0.433. The fourth-order valence-electron chi connectivity index (χ4n) is 3.39. The molecular weight excluding hydrogens is 467 g/mol. The van der Waals surface area contributed by atoms with Crippen LogP contribution in [0.15, 0.2) is 82.7 Å². The molecule has 0 aliphatic heterocycles. The van der Waals surface area contributed by atoms with Crippen LogP contribution in [0.25, 0.3) is 22.0 Å². The quantitative estimate of drug-likeness (QED) is 0.283. The fourth-order valence-corrected chi connectivity index (χ4v) is 5.15. The van der Waals surface area contributed by atoms with Crippen molar-refractivity contribution in [1.29, 1.82) is 5.26 Å². The first-order valence-corrected chi connectivity index (χ1v) is 12.5. The van der Waals surface area contributed by atoms with Crippen LogP contribution in [0.1, 0.15) is 13.3 Å². The standard InChI is InChI=1S/C26H21FN4OS2/c1-17(14-15-28)34-23-9-5-4-8-22(23)29-24(32)16-33-26-21-7-3-2-6-20(21)25(30-31-26)18-10-12-19(27)13-11-18/h2-13,17H,14,16H2,1H3,(H,29,32). The van der Waals surface area contributed by atoms with Gasteiger partial charge in [-0.2, -0.15) is 5.26 Å². The van der Waals surface area contributed by atoms with Crippen molar-refractivity contribution in [3.63, 3.8) is 0 Å². The molecule has 0 aliphatic carbocycles. The van der Waals surface area contributed by atoms with Crippen molar-refractivity contribution in [1.82, 2.24) is 10.2 Å². The topological polar surface area (TPSA) is 78.7 Å². The third kappa shape index (κ3) is 5.74. The van der Waals surface area contributed by atoms with Crippen LogP contribution in [0.5, 0.6) is 0 Å². The molecule has 0 bridgehead atoms.